The van der Waals surface area contributed by atoms with E-state index < -0.39 is 7.26 Å². The van der Waals surface area contributed by atoms with Gasteiger partial charge in [0.25, 0.3) is 0 Å². The number of hydrogen-bond acceptors (Lipinski definition) is 3. The van der Waals surface area contributed by atoms with Crippen molar-refractivity contribution < 1.29 is 4.74 Å². The van der Waals surface area contributed by atoms with Gasteiger partial charge in [-0.05, 0) is 36.4 Å². The zero-order valence-corrected chi connectivity index (χ0v) is 17.0. The number of benzene rings is 1. The van der Waals surface area contributed by atoms with E-state index >= 15 is 0 Å². The van der Waals surface area contributed by atoms with Gasteiger partial charge in [-0.15, -0.1) is 0 Å². The summed E-state index contributed by atoms with van der Waals surface area (Å²) in [5, 5.41) is 3.88. The molecule has 0 aliphatic rings. The van der Waals surface area contributed by atoms with E-state index in [1.54, 1.807) is 0 Å². The van der Waals surface area contributed by atoms with E-state index in [-0.39, 0.29) is 0 Å². The first kappa shape index (κ1) is 18.4. The van der Waals surface area contributed by atoms with E-state index in [2.05, 4.69) is 75.0 Å². The summed E-state index contributed by atoms with van der Waals surface area (Å²) < 4.78 is 6.89. The van der Waals surface area contributed by atoms with Crippen molar-refractivity contribution in [3.8, 4) is 0 Å². The summed E-state index contributed by atoms with van der Waals surface area (Å²) in [5.74, 6) is 0. The Morgan fingerprint density at radius 3 is 1.88 bits per heavy atom. The minimum atomic E-state index is -1.85. The SMILES string of the molecule is [124I]CCOCC[P+](c1ccccc1)(c1cccnc1)c1cccnc1. The van der Waals surface area contributed by atoms with E-state index in [1.165, 1.54) is 15.9 Å². The third-order valence-corrected chi connectivity index (χ3v) is 8.93. The van der Waals surface area contributed by atoms with Gasteiger partial charge in [0.2, 0.25) is 0 Å². The van der Waals surface area contributed by atoms with Crippen LogP contribution in [0.5, 0.6) is 0 Å². The number of rotatable bonds is 8. The molecule has 0 saturated carbocycles. The number of ether oxygens (including phenoxy) is 1. The molecule has 128 valence electrons. The maximum absolute atomic E-state index is 5.88. The Balaban J connectivity index is 2.13. The van der Waals surface area contributed by atoms with Crippen LogP contribution in [0.3, 0.4) is 0 Å². The lowest BCUT2D eigenvalue weighted by Gasteiger charge is -2.26. The van der Waals surface area contributed by atoms with Gasteiger partial charge in [0, 0.05) is 16.8 Å². The highest BCUT2D eigenvalue weighted by molar-refractivity contribution is 14.1. The Labute approximate surface area is 163 Å². The topological polar surface area (TPSA) is 35.0 Å². The van der Waals surface area contributed by atoms with Gasteiger partial charge in [-0.25, -0.2) is 0 Å². The van der Waals surface area contributed by atoms with Crippen LogP contribution in [0.4, 0.5) is 0 Å². The lowest BCUT2D eigenvalue weighted by Crippen LogP contribution is -2.35. The number of aromatic nitrogens is 2. The molecule has 0 unspecified atom stereocenters. The van der Waals surface area contributed by atoms with Crippen molar-refractivity contribution in [2.24, 2.45) is 0 Å². The molecule has 2 heterocycles. The lowest BCUT2D eigenvalue weighted by molar-refractivity contribution is 0.168. The summed E-state index contributed by atoms with van der Waals surface area (Å²) in [6.45, 7) is 1.52. The van der Waals surface area contributed by atoms with Gasteiger partial charge in [-0.2, -0.15) is 0 Å². The van der Waals surface area contributed by atoms with E-state index in [0.717, 1.165) is 23.8 Å². The molecule has 25 heavy (non-hydrogen) atoms. The number of alkyl halides is 1. The average Bonchev–Trinajstić information content (AvgIpc) is 2.70. The molecule has 0 aliphatic carbocycles. The minimum absolute atomic E-state index is 0.732. The van der Waals surface area contributed by atoms with Crippen molar-refractivity contribution in [1.29, 1.82) is 0 Å². The largest absolute Gasteiger partial charge is 0.377 e. The highest BCUT2D eigenvalue weighted by Gasteiger charge is 2.45. The van der Waals surface area contributed by atoms with Crippen LogP contribution in [-0.2, 0) is 4.74 Å². The summed E-state index contributed by atoms with van der Waals surface area (Å²) in [4.78, 5) is 8.82. The molecule has 0 aliphatic heterocycles. The molecule has 0 radical (unpaired) electrons. The van der Waals surface area contributed by atoms with Crippen molar-refractivity contribution in [3.05, 3.63) is 79.4 Å². The molecule has 3 nitrogen and oxygen atoms in total. The monoisotopic (exact) mass is 460 g/mol. The molecule has 2 aromatic heterocycles. The second-order valence-electron chi connectivity index (χ2n) is 5.59. The van der Waals surface area contributed by atoms with Crippen molar-refractivity contribution in [2.75, 3.05) is 23.8 Å². The molecule has 0 saturated heterocycles. The van der Waals surface area contributed by atoms with Crippen LogP contribution in [0.15, 0.2) is 79.4 Å². The number of pyridine rings is 2. The fourth-order valence-corrected chi connectivity index (χ4v) is 7.31. The van der Waals surface area contributed by atoms with Gasteiger partial charge >= 0.3 is 0 Å². The molecule has 3 rings (SSSR count). The van der Waals surface area contributed by atoms with Crippen LogP contribution in [-0.4, -0.2) is 33.8 Å². The Kier molecular flexibility index (Phi) is 6.91. The number of halogens is 1. The molecule has 0 N–H and O–H groups in total. The first-order valence-corrected chi connectivity index (χ1v) is 11.8. The summed E-state index contributed by atoms with van der Waals surface area (Å²) in [6.07, 6.45) is 8.63. The Hall–Kier alpha value is -1.36. The first-order chi connectivity index (χ1) is 12.4. The Bertz CT molecular complexity index is 660. The molecule has 5 heteroatoms. The summed E-state index contributed by atoms with van der Waals surface area (Å²) in [7, 11) is -1.85. The zero-order valence-electron chi connectivity index (χ0n) is 14.0. The van der Waals surface area contributed by atoms with Crippen LogP contribution < -0.4 is 15.9 Å². The van der Waals surface area contributed by atoms with Crippen molar-refractivity contribution in [3.63, 3.8) is 0 Å². The van der Waals surface area contributed by atoms with Gasteiger partial charge < -0.3 is 4.74 Å². The van der Waals surface area contributed by atoms with E-state index in [0.29, 0.717) is 0 Å². The van der Waals surface area contributed by atoms with Gasteiger partial charge in [0.15, 0.2) is 0 Å². The predicted molar refractivity (Wildman–Crippen MR) is 115 cm³/mol. The smallest absolute Gasteiger partial charge is 0.123 e. The maximum Gasteiger partial charge on any atom is 0.123 e. The summed E-state index contributed by atoms with van der Waals surface area (Å²) in [5.41, 5.74) is 0. The van der Waals surface area contributed by atoms with Crippen molar-refractivity contribution >= 4 is 45.8 Å². The zero-order chi connectivity index (χ0) is 17.4. The fourth-order valence-electron chi connectivity index (χ4n) is 3.03. The van der Waals surface area contributed by atoms with Crippen LogP contribution in [0.2, 0.25) is 0 Å². The molecule has 0 atom stereocenters. The first-order valence-electron chi connectivity index (χ1n) is 8.26. The van der Waals surface area contributed by atoms with Gasteiger partial charge in [-0.1, -0.05) is 40.8 Å². The minimum Gasteiger partial charge on any atom is -0.377 e. The van der Waals surface area contributed by atoms with Crippen LogP contribution in [0, 0.1) is 0 Å². The van der Waals surface area contributed by atoms with Crippen LogP contribution in [0.1, 0.15) is 0 Å². The van der Waals surface area contributed by atoms with Crippen molar-refractivity contribution in [2.45, 2.75) is 0 Å². The Morgan fingerprint density at radius 2 is 1.36 bits per heavy atom. The quantitative estimate of drug-likeness (QED) is 0.224. The molecule has 3 aromatic rings. The van der Waals surface area contributed by atoms with Crippen molar-refractivity contribution in [1.82, 2.24) is 9.97 Å². The van der Waals surface area contributed by atoms with E-state index in [1.807, 2.05) is 36.9 Å². The predicted octanol–water partition coefficient (Wildman–Crippen LogP) is 3.22. The summed E-state index contributed by atoms with van der Waals surface area (Å²) >= 11 is 2.35. The molecule has 0 spiro atoms. The summed E-state index contributed by atoms with van der Waals surface area (Å²) in [6, 6.07) is 19.2. The number of hydrogen-bond donors (Lipinski definition) is 0. The van der Waals surface area contributed by atoms with Gasteiger partial charge in [0.1, 0.15) is 23.2 Å². The van der Waals surface area contributed by atoms with Gasteiger partial charge in [-0.3, -0.25) is 9.97 Å². The Morgan fingerprint density at radius 1 is 0.760 bits per heavy atom. The molecular weight excluding hydrogens is 439 g/mol. The highest BCUT2D eigenvalue weighted by Crippen LogP contribution is 2.54. The van der Waals surface area contributed by atoms with Crippen LogP contribution >= 0.6 is 29.9 Å². The fraction of sp³-hybridized carbons (Fsp3) is 0.200. The molecule has 1 aromatic carbocycles. The van der Waals surface area contributed by atoms with E-state index in [4.69, 9.17) is 4.74 Å². The second-order valence-corrected chi connectivity index (χ2v) is 10.3. The van der Waals surface area contributed by atoms with E-state index in [9.17, 15) is 0 Å². The molecule has 0 bridgehead atoms. The highest BCUT2D eigenvalue weighted by atomic mass is 124. The average molecular weight is 460 g/mol. The maximum atomic E-state index is 5.88. The normalized spacial score (nSPS) is 11.4. The van der Waals surface area contributed by atoms with Crippen LogP contribution in [0.25, 0.3) is 0 Å². The number of nitrogens with zero attached hydrogens (tertiary/aromatic N) is 2. The molecule has 0 amide bonds. The third-order valence-electron chi connectivity index (χ3n) is 4.16. The lowest BCUT2D eigenvalue weighted by atomic mass is 10.4. The molecular formula is C20H21IN2OP+. The molecule has 0 fully saturated rings. The second kappa shape index (κ2) is 9.37. The van der Waals surface area contributed by atoms with Gasteiger partial charge in [0.05, 0.1) is 31.8 Å². The standard InChI is InChI=1S/C20H21IN2OP/c21-10-13-24-14-15-25(18-6-2-1-3-7-18,19-8-4-11-22-16-19)20-9-5-12-23-17-20/h1-9,11-12,16-17H,10,13-15H2/q+1/i21-3. The third kappa shape index (κ3) is 4.25.